The van der Waals surface area contributed by atoms with Crippen LogP contribution < -0.4 is 20.5 Å². The van der Waals surface area contributed by atoms with Crippen LogP contribution in [0, 0.1) is 5.82 Å². The van der Waals surface area contributed by atoms with Gasteiger partial charge in [0.1, 0.15) is 12.4 Å². The van der Waals surface area contributed by atoms with Crippen LogP contribution >= 0.6 is 12.4 Å². The van der Waals surface area contributed by atoms with Crippen LogP contribution in [0.25, 0.3) is 10.9 Å². The van der Waals surface area contributed by atoms with Gasteiger partial charge < -0.3 is 25.5 Å². The van der Waals surface area contributed by atoms with E-state index in [-0.39, 0.29) is 24.2 Å². The number of ether oxygens (including phenoxy) is 2. The summed E-state index contributed by atoms with van der Waals surface area (Å²) in [6.07, 6.45) is 4.37. The van der Waals surface area contributed by atoms with Crippen LogP contribution in [0.5, 0.6) is 11.5 Å². The van der Waals surface area contributed by atoms with Crippen LogP contribution in [0.2, 0.25) is 0 Å². The summed E-state index contributed by atoms with van der Waals surface area (Å²) in [5.41, 5.74) is 8.54. The minimum atomic E-state index is -0.569. The first-order chi connectivity index (χ1) is 14.1. The maximum atomic E-state index is 14.0. The molecule has 6 nitrogen and oxygen atoms in total. The van der Waals surface area contributed by atoms with Crippen molar-refractivity contribution in [3.05, 3.63) is 59.0 Å². The Hall–Kier alpha value is -2.77. The summed E-state index contributed by atoms with van der Waals surface area (Å²) in [4.78, 5) is 14.9. The van der Waals surface area contributed by atoms with E-state index in [1.807, 2.05) is 18.3 Å². The van der Waals surface area contributed by atoms with Crippen LogP contribution in [0.15, 0.2) is 36.5 Å². The molecule has 8 heteroatoms. The summed E-state index contributed by atoms with van der Waals surface area (Å²) in [5, 5.41) is 4.61. The minimum Gasteiger partial charge on any atom is -0.495 e. The van der Waals surface area contributed by atoms with Crippen molar-refractivity contribution >= 4 is 29.2 Å². The molecule has 160 valence electrons. The molecule has 0 radical (unpaired) electrons. The Labute approximate surface area is 180 Å². The summed E-state index contributed by atoms with van der Waals surface area (Å²) in [6, 6.07) is 8.67. The number of aromatic nitrogens is 1. The summed E-state index contributed by atoms with van der Waals surface area (Å²) >= 11 is 0. The van der Waals surface area contributed by atoms with Gasteiger partial charge in [0.15, 0.2) is 11.6 Å². The molecule has 2 heterocycles. The summed E-state index contributed by atoms with van der Waals surface area (Å²) < 4.78 is 24.9. The third-order valence-electron chi connectivity index (χ3n) is 5.40. The molecule has 0 spiro atoms. The number of aryl methyl sites for hydroxylation is 1. The number of halogens is 2. The number of carbonyl (C=O) groups excluding carboxylic acids is 1. The highest BCUT2D eigenvalue weighted by molar-refractivity contribution is 5.95. The number of para-hydroxylation sites is 1. The molecule has 1 aliphatic rings. The number of rotatable bonds is 7. The highest BCUT2D eigenvalue weighted by Crippen LogP contribution is 2.31. The topological polar surface area (TPSA) is 89.4 Å². The van der Waals surface area contributed by atoms with Gasteiger partial charge in [0.25, 0.3) is 0 Å². The molecule has 0 saturated carbocycles. The lowest BCUT2D eigenvalue weighted by atomic mass is 9.96. The monoisotopic (exact) mass is 433 g/mol. The number of methoxy groups -OCH3 is 1. The van der Waals surface area contributed by atoms with E-state index < -0.39 is 11.7 Å². The Kier molecular flexibility index (Phi) is 6.84. The predicted octanol–water partition coefficient (Wildman–Crippen LogP) is 3.36. The summed E-state index contributed by atoms with van der Waals surface area (Å²) in [7, 11) is 1.67. The fourth-order valence-corrected chi connectivity index (χ4v) is 3.96. The van der Waals surface area contributed by atoms with Crippen LogP contribution in [0.4, 0.5) is 4.39 Å². The fourth-order valence-electron chi connectivity index (χ4n) is 3.96. The van der Waals surface area contributed by atoms with Crippen molar-refractivity contribution in [2.75, 3.05) is 20.3 Å². The molecular formula is C22H25ClFN3O3. The summed E-state index contributed by atoms with van der Waals surface area (Å²) in [5.74, 6) is -0.0482. The number of aromatic amines is 1. The Balaban J connectivity index is 0.00000256. The van der Waals surface area contributed by atoms with E-state index in [2.05, 4.69) is 16.4 Å². The number of nitrogens with two attached hydrogens (primary N) is 1. The van der Waals surface area contributed by atoms with Gasteiger partial charge in [-0.1, -0.05) is 12.1 Å². The zero-order chi connectivity index (χ0) is 20.4. The van der Waals surface area contributed by atoms with E-state index in [4.69, 9.17) is 15.2 Å². The normalized spacial score (nSPS) is 15.2. The first-order valence-corrected chi connectivity index (χ1v) is 9.68. The minimum absolute atomic E-state index is 0. The molecule has 1 amide bonds. The zero-order valence-electron chi connectivity index (χ0n) is 16.7. The van der Waals surface area contributed by atoms with Gasteiger partial charge in [-0.05, 0) is 49.6 Å². The molecule has 2 aromatic carbocycles. The van der Waals surface area contributed by atoms with Gasteiger partial charge in [0.2, 0.25) is 5.91 Å². The molecule has 3 aromatic rings. The maximum Gasteiger partial charge on any atom is 0.249 e. The zero-order valence-corrected chi connectivity index (χ0v) is 17.5. The fraction of sp³-hybridized carbons (Fsp3) is 0.318. The van der Waals surface area contributed by atoms with E-state index >= 15 is 0 Å². The van der Waals surface area contributed by atoms with Crippen molar-refractivity contribution in [3.63, 3.8) is 0 Å². The van der Waals surface area contributed by atoms with E-state index in [0.29, 0.717) is 24.2 Å². The van der Waals surface area contributed by atoms with Crippen molar-refractivity contribution in [1.29, 1.82) is 0 Å². The Morgan fingerprint density at radius 3 is 2.97 bits per heavy atom. The van der Waals surface area contributed by atoms with Crippen molar-refractivity contribution in [2.45, 2.75) is 25.3 Å². The standard InChI is InChI=1S/C22H24FN3O3.ClH/c1-28-19-6-2-5-15-13(11-26-20(15)19)4-3-9-25-14-10-17-16(22(24)27)7-8-18(23)21(17)29-12-14;/h2,5-8,11,14,25-26H,3-4,9-10,12H2,1H3,(H2,24,27);1H. The van der Waals surface area contributed by atoms with Crippen molar-refractivity contribution in [1.82, 2.24) is 10.3 Å². The lowest BCUT2D eigenvalue weighted by Crippen LogP contribution is -2.40. The van der Waals surface area contributed by atoms with Crippen LogP contribution in [-0.2, 0) is 12.8 Å². The molecule has 1 aromatic heterocycles. The molecule has 4 rings (SSSR count). The average molecular weight is 434 g/mol. The average Bonchev–Trinajstić information content (AvgIpc) is 3.14. The molecule has 30 heavy (non-hydrogen) atoms. The van der Waals surface area contributed by atoms with Gasteiger partial charge in [0, 0.05) is 28.8 Å². The van der Waals surface area contributed by atoms with Gasteiger partial charge in [-0.15, -0.1) is 12.4 Å². The van der Waals surface area contributed by atoms with Gasteiger partial charge in [0.05, 0.1) is 12.6 Å². The Morgan fingerprint density at radius 2 is 2.20 bits per heavy atom. The molecule has 0 aliphatic carbocycles. The van der Waals surface area contributed by atoms with Crippen molar-refractivity contribution in [3.8, 4) is 11.5 Å². The number of amides is 1. The molecule has 0 fully saturated rings. The third-order valence-corrected chi connectivity index (χ3v) is 5.40. The van der Waals surface area contributed by atoms with Gasteiger partial charge >= 0.3 is 0 Å². The van der Waals surface area contributed by atoms with Gasteiger partial charge in [-0.2, -0.15) is 0 Å². The van der Waals surface area contributed by atoms with Crippen molar-refractivity contribution in [2.24, 2.45) is 5.73 Å². The lowest BCUT2D eigenvalue weighted by molar-refractivity contribution is 0.0997. The SMILES string of the molecule is COc1cccc2c(CCCNC3COc4c(F)ccc(C(N)=O)c4C3)c[nH]c12.Cl. The number of hydrogen-bond donors (Lipinski definition) is 3. The van der Waals surface area contributed by atoms with E-state index in [1.165, 1.54) is 23.1 Å². The van der Waals surface area contributed by atoms with Gasteiger partial charge in [-0.3, -0.25) is 4.79 Å². The number of hydrogen-bond acceptors (Lipinski definition) is 4. The highest BCUT2D eigenvalue weighted by Gasteiger charge is 2.26. The Bertz CT molecular complexity index is 1050. The van der Waals surface area contributed by atoms with Crippen molar-refractivity contribution < 1.29 is 18.7 Å². The first kappa shape index (κ1) is 21.9. The molecule has 1 unspecified atom stereocenters. The van der Waals surface area contributed by atoms with Crippen LogP contribution in [0.3, 0.4) is 0 Å². The quantitative estimate of drug-likeness (QED) is 0.498. The number of primary amides is 1. The first-order valence-electron chi connectivity index (χ1n) is 9.68. The predicted molar refractivity (Wildman–Crippen MR) is 116 cm³/mol. The van der Waals surface area contributed by atoms with E-state index in [9.17, 15) is 9.18 Å². The second kappa shape index (κ2) is 9.36. The second-order valence-electron chi connectivity index (χ2n) is 7.23. The highest BCUT2D eigenvalue weighted by atomic mass is 35.5. The number of fused-ring (bicyclic) bond motifs is 2. The molecular weight excluding hydrogens is 409 g/mol. The number of benzene rings is 2. The number of H-pyrrole nitrogens is 1. The summed E-state index contributed by atoms with van der Waals surface area (Å²) in [6.45, 7) is 1.14. The molecule has 4 N–H and O–H groups in total. The lowest BCUT2D eigenvalue weighted by Gasteiger charge is -2.27. The van der Waals surface area contributed by atoms with E-state index in [0.717, 1.165) is 30.7 Å². The maximum absolute atomic E-state index is 14.0. The smallest absolute Gasteiger partial charge is 0.249 e. The van der Waals surface area contributed by atoms with Crippen LogP contribution in [-0.4, -0.2) is 37.2 Å². The molecule has 0 saturated heterocycles. The molecule has 0 bridgehead atoms. The largest absolute Gasteiger partial charge is 0.495 e. The Morgan fingerprint density at radius 1 is 1.37 bits per heavy atom. The second-order valence-corrected chi connectivity index (χ2v) is 7.23. The van der Waals surface area contributed by atoms with E-state index in [1.54, 1.807) is 7.11 Å². The molecule has 1 aliphatic heterocycles. The number of carbonyl (C=O) groups is 1. The van der Waals surface area contributed by atoms with Gasteiger partial charge in [-0.25, -0.2) is 4.39 Å². The van der Waals surface area contributed by atoms with Crippen LogP contribution in [0.1, 0.15) is 27.9 Å². The molecule has 1 atom stereocenters. The third kappa shape index (κ3) is 4.22. The number of nitrogens with one attached hydrogen (secondary N) is 2.